The van der Waals surface area contributed by atoms with E-state index in [1.807, 2.05) is 25.5 Å². The molecule has 2 aromatic rings. The molecule has 0 amide bonds. The Hall–Kier alpha value is -1.83. The van der Waals surface area contributed by atoms with Gasteiger partial charge in [-0.2, -0.15) is 0 Å². The average molecular weight is 415 g/mol. The Labute approximate surface area is 178 Å². The van der Waals surface area contributed by atoms with Gasteiger partial charge in [-0.05, 0) is 71.4 Å². The number of anilines is 1. The minimum absolute atomic E-state index is 0.0929. The number of thiophene rings is 1. The summed E-state index contributed by atoms with van der Waals surface area (Å²) in [6.45, 7) is 10.9. The molecular formula is C22H34N6S. The maximum absolute atomic E-state index is 4.80. The number of nitrogens with one attached hydrogen (secondary N) is 3. The van der Waals surface area contributed by atoms with Crippen LogP contribution >= 0.6 is 11.3 Å². The van der Waals surface area contributed by atoms with Gasteiger partial charge in [0.2, 0.25) is 5.95 Å². The molecule has 0 bridgehead atoms. The van der Waals surface area contributed by atoms with Gasteiger partial charge >= 0.3 is 0 Å². The minimum atomic E-state index is 0.0929. The second-order valence-corrected chi connectivity index (χ2v) is 10.2. The highest BCUT2D eigenvalue weighted by Crippen LogP contribution is 2.31. The van der Waals surface area contributed by atoms with E-state index < -0.39 is 0 Å². The highest BCUT2D eigenvalue weighted by atomic mass is 32.1. The Morgan fingerprint density at radius 1 is 1.21 bits per heavy atom. The summed E-state index contributed by atoms with van der Waals surface area (Å²) in [4.78, 5) is 15.8. The number of aromatic nitrogens is 2. The van der Waals surface area contributed by atoms with E-state index in [1.54, 1.807) is 11.3 Å². The van der Waals surface area contributed by atoms with Crippen molar-refractivity contribution in [1.29, 1.82) is 0 Å². The van der Waals surface area contributed by atoms with Gasteiger partial charge in [0.1, 0.15) is 0 Å². The second-order valence-electron chi connectivity index (χ2n) is 9.08. The summed E-state index contributed by atoms with van der Waals surface area (Å²) in [6.07, 6.45) is 6.83. The molecule has 7 heteroatoms. The average Bonchev–Trinajstić information content (AvgIpc) is 3.08. The smallest absolute Gasteiger partial charge is 0.223 e. The fourth-order valence-electron chi connectivity index (χ4n) is 4.29. The van der Waals surface area contributed by atoms with Crippen molar-refractivity contribution in [3.05, 3.63) is 29.3 Å². The molecule has 0 aliphatic carbocycles. The van der Waals surface area contributed by atoms with Crippen LogP contribution in [0.15, 0.2) is 29.4 Å². The summed E-state index contributed by atoms with van der Waals surface area (Å²) in [7, 11) is 1.81. The van der Waals surface area contributed by atoms with Crippen LogP contribution in [0.4, 0.5) is 5.95 Å². The third-order valence-electron chi connectivity index (χ3n) is 5.03. The Morgan fingerprint density at radius 3 is 2.69 bits per heavy atom. The Morgan fingerprint density at radius 2 is 1.97 bits per heavy atom. The molecule has 3 rings (SSSR count). The van der Waals surface area contributed by atoms with Crippen molar-refractivity contribution in [2.45, 2.75) is 70.6 Å². The third-order valence-corrected chi connectivity index (χ3v) is 6.13. The van der Waals surface area contributed by atoms with Crippen LogP contribution in [0.5, 0.6) is 0 Å². The number of nitrogens with zero attached hydrogens (tertiary/aromatic N) is 3. The third kappa shape index (κ3) is 6.59. The lowest BCUT2D eigenvalue weighted by molar-refractivity contribution is 0.170. The summed E-state index contributed by atoms with van der Waals surface area (Å²) < 4.78 is 0. The molecule has 0 spiro atoms. The SMILES string of the molecule is CN=CCCNCc1ccc(-c2ccnc(NC3CC(C)(C)NC(C)(C)C3)n2)s1. The largest absolute Gasteiger partial charge is 0.351 e. The van der Waals surface area contributed by atoms with Crippen LogP contribution in [-0.4, -0.2) is 46.9 Å². The molecule has 3 N–H and O–H groups in total. The van der Waals surface area contributed by atoms with E-state index in [2.05, 4.69) is 65.8 Å². The molecular weight excluding hydrogens is 380 g/mol. The summed E-state index contributed by atoms with van der Waals surface area (Å²) in [5.74, 6) is 0.716. The zero-order valence-electron chi connectivity index (χ0n) is 18.2. The predicted octanol–water partition coefficient (Wildman–Crippen LogP) is 4.11. The van der Waals surface area contributed by atoms with Crippen LogP contribution in [0.2, 0.25) is 0 Å². The van der Waals surface area contributed by atoms with Crippen molar-refractivity contribution in [3.8, 4) is 10.6 Å². The van der Waals surface area contributed by atoms with Gasteiger partial charge in [-0.25, -0.2) is 9.97 Å². The highest BCUT2D eigenvalue weighted by molar-refractivity contribution is 7.15. The summed E-state index contributed by atoms with van der Waals surface area (Å²) in [5.41, 5.74) is 1.16. The number of piperidine rings is 1. The first-order valence-electron chi connectivity index (χ1n) is 10.4. The fraction of sp³-hybridized carbons (Fsp3) is 0.591. The molecule has 29 heavy (non-hydrogen) atoms. The number of hydrogen-bond acceptors (Lipinski definition) is 7. The van der Waals surface area contributed by atoms with Gasteiger partial charge in [0.25, 0.3) is 0 Å². The maximum Gasteiger partial charge on any atom is 0.223 e. The molecule has 1 saturated heterocycles. The molecule has 1 fully saturated rings. The van der Waals surface area contributed by atoms with Gasteiger partial charge in [0.15, 0.2) is 0 Å². The minimum Gasteiger partial charge on any atom is -0.351 e. The van der Waals surface area contributed by atoms with E-state index in [0.29, 0.717) is 12.0 Å². The summed E-state index contributed by atoms with van der Waals surface area (Å²) in [5, 5.41) is 10.8. The molecule has 6 nitrogen and oxygen atoms in total. The number of aliphatic imine (C=N–C) groups is 1. The first-order chi connectivity index (χ1) is 13.8. The zero-order chi connectivity index (χ0) is 20.9. The van der Waals surface area contributed by atoms with Crippen LogP contribution in [0, 0.1) is 0 Å². The molecule has 0 unspecified atom stereocenters. The van der Waals surface area contributed by atoms with E-state index >= 15 is 0 Å². The van der Waals surface area contributed by atoms with Crippen LogP contribution in [0.25, 0.3) is 10.6 Å². The van der Waals surface area contributed by atoms with Crippen molar-refractivity contribution in [2.24, 2.45) is 4.99 Å². The van der Waals surface area contributed by atoms with Crippen molar-refractivity contribution in [3.63, 3.8) is 0 Å². The van der Waals surface area contributed by atoms with E-state index in [9.17, 15) is 0 Å². The molecule has 1 aliphatic rings. The Balaban J connectivity index is 1.63. The van der Waals surface area contributed by atoms with Gasteiger partial charge < -0.3 is 20.9 Å². The van der Waals surface area contributed by atoms with Crippen LogP contribution in [0.3, 0.4) is 0 Å². The van der Waals surface area contributed by atoms with E-state index in [-0.39, 0.29) is 11.1 Å². The molecule has 0 atom stereocenters. The monoisotopic (exact) mass is 414 g/mol. The first-order valence-corrected chi connectivity index (χ1v) is 11.2. The topological polar surface area (TPSA) is 74.2 Å². The first kappa shape index (κ1) is 21.9. The van der Waals surface area contributed by atoms with Crippen molar-refractivity contribution < 1.29 is 0 Å². The van der Waals surface area contributed by atoms with Crippen molar-refractivity contribution in [2.75, 3.05) is 18.9 Å². The second kappa shape index (κ2) is 9.32. The maximum atomic E-state index is 4.80. The Bertz CT molecular complexity index is 810. The van der Waals surface area contributed by atoms with E-state index in [0.717, 1.165) is 38.0 Å². The fourth-order valence-corrected chi connectivity index (χ4v) is 5.24. The lowest BCUT2D eigenvalue weighted by atomic mass is 9.80. The summed E-state index contributed by atoms with van der Waals surface area (Å²) in [6, 6.07) is 6.67. The zero-order valence-corrected chi connectivity index (χ0v) is 19.1. The Kier molecular flexibility index (Phi) is 7.03. The summed E-state index contributed by atoms with van der Waals surface area (Å²) >= 11 is 1.78. The highest BCUT2D eigenvalue weighted by Gasteiger charge is 2.37. The number of rotatable bonds is 8. The van der Waals surface area contributed by atoms with Crippen molar-refractivity contribution >= 4 is 23.5 Å². The molecule has 1 aliphatic heterocycles. The van der Waals surface area contributed by atoms with Crippen LogP contribution < -0.4 is 16.0 Å². The normalized spacial score (nSPS) is 18.9. The molecule has 158 valence electrons. The molecule has 3 heterocycles. The molecule has 0 radical (unpaired) electrons. The van der Waals surface area contributed by atoms with Gasteiger partial charge in [-0.15, -0.1) is 11.3 Å². The molecule has 0 aromatic carbocycles. The standard InChI is InChI=1S/C22H34N6S/c1-21(2)13-16(14-22(3,4)28-21)26-20-25-12-9-18(27-20)19-8-7-17(29-19)15-24-11-6-10-23-5/h7-10,12,16,24,28H,6,11,13-15H2,1-5H3,(H,25,26,27). The van der Waals surface area contributed by atoms with Gasteiger partial charge in [-0.1, -0.05) is 0 Å². The lowest BCUT2D eigenvalue weighted by Crippen LogP contribution is -2.60. The quantitative estimate of drug-likeness (QED) is 0.448. The molecule has 0 saturated carbocycles. The van der Waals surface area contributed by atoms with Gasteiger partial charge in [0.05, 0.1) is 10.6 Å². The number of hydrogen-bond donors (Lipinski definition) is 3. The van der Waals surface area contributed by atoms with Crippen LogP contribution in [0.1, 0.15) is 51.8 Å². The van der Waals surface area contributed by atoms with Crippen molar-refractivity contribution in [1.82, 2.24) is 20.6 Å². The van der Waals surface area contributed by atoms with E-state index in [4.69, 9.17) is 4.98 Å². The lowest BCUT2D eigenvalue weighted by Gasteiger charge is -2.46. The molecule has 2 aromatic heterocycles. The van der Waals surface area contributed by atoms with E-state index in [1.165, 1.54) is 9.75 Å². The predicted molar refractivity (Wildman–Crippen MR) is 124 cm³/mol. The van der Waals surface area contributed by atoms with Gasteiger partial charge in [-0.3, -0.25) is 0 Å². The van der Waals surface area contributed by atoms with Crippen LogP contribution in [-0.2, 0) is 6.54 Å². The van der Waals surface area contributed by atoms with Gasteiger partial charge in [0, 0.05) is 48.3 Å².